The summed E-state index contributed by atoms with van der Waals surface area (Å²) in [4.78, 5) is 30.6. The summed E-state index contributed by atoms with van der Waals surface area (Å²) < 4.78 is 7.32. The fourth-order valence-corrected chi connectivity index (χ4v) is 3.25. The highest BCUT2D eigenvalue weighted by molar-refractivity contribution is 6.10. The monoisotopic (exact) mass is 436 g/mol. The van der Waals surface area contributed by atoms with Crippen LogP contribution in [0.3, 0.4) is 0 Å². The summed E-state index contributed by atoms with van der Waals surface area (Å²) in [6, 6.07) is 21.5. The van der Waals surface area contributed by atoms with Crippen molar-refractivity contribution in [2.45, 2.75) is 13.8 Å². The number of hydrogen-bond acceptors (Lipinski definition) is 5. The third-order valence-electron chi connectivity index (χ3n) is 5.08. The third kappa shape index (κ3) is 4.50. The molecule has 7 heteroatoms. The number of nitrogens with zero attached hydrogens (tertiary/aromatic N) is 3. The number of fused-ring (bicyclic) bond motifs is 1. The summed E-state index contributed by atoms with van der Waals surface area (Å²) in [5.41, 5.74) is 1.95. The molecule has 4 aromatic rings. The van der Waals surface area contributed by atoms with E-state index in [2.05, 4.69) is 10.3 Å². The normalized spacial score (nSPS) is 11.1. The van der Waals surface area contributed by atoms with Crippen molar-refractivity contribution in [3.8, 4) is 17.7 Å². The number of para-hydroxylation sites is 2. The van der Waals surface area contributed by atoms with Crippen LogP contribution in [0.25, 0.3) is 11.7 Å². The first-order valence-corrected chi connectivity index (χ1v) is 10.2. The SMILES string of the molecule is Cc1ccccc1NC(=O)/C(C#N)=C\c1c(Oc2ccccc2C)nc2ccccn2c1=O. The number of nitriles is 1. The lowest BCUT2D eigenvalue weighted by Gasteiger charge is -2.12. The van der Waals surface area contributed by atoms with Crippen LogP contribution in [0, 0.1) is 25.2 Å². The Morgan fingerprint density at radius 2 is 1.73 bits per heavy atom. The van der Waals surface area contributed by atoms with Gasteiger partial charge in [-0.15, -0.1) is 0 Å². The van der Waals surface area contributed by atoms with Crippen LogP contribution in [0.1, 0.15) is 16.7 Å². The molecule has 0 atom stereocenters. The molecule has 0 radical (unpaired) electrons. The number of aryl methyl sites for hydroxylation is 2. The third-order valence-corrected chi connectivity index (χ3v) is 5.08. The number of rotatable bonds is 5. The van der Waals surface area contributed by atoms with Crippen molar-refractivity contribution in [3.05, 3.63) is 106 Å². The molecule has 0 aliphatic carbocycles. The zero-order valence-electron chi connectivity index (χ0n) is 18.1. The van der Waals surface area contributed by atoms with Crippen molar-refractivity contribution in [2.24, 2.45) is 0 Å². The second-order valence-electron chi connectivity index (χ2n) is 7.37. The van der Waals surface area contributed by atoms with Gasteiger partial charge in [-0.25, -0.2) is 0 Å². The molecule has 1 N–H and O–H groups in total. The molecule has 2 aromatic carbocycles. The highest BCUT2D eigenvalue weighted by atomic mass is 16.5. The van der Waals surface area contributed by atoms with Crippen molar-refractivity contribution in [1.82, 2.24) is 9.38 Å². The summed E-state index contributed by atoms with van der Waals surface area (Å²) in [5, 5.41) is 12.4. The first-order valence-electron chi connectivity index (χ1n) is 10.2. The Balaban J connectivity index is 1.83. The van der Waals surface area contributed by atoms with E-state index in [-0.39, 0.29) is 17.0 Å². The lowest BCUT2D eigenvalue weighted by atomic mass is 10.1. The summed E-state index contributed by atoms with van der Waals surface area (Å²) in [7, 11) is 0. The second-order valence-corrected chi connectivity index (χ2v) is 7.37. The quantitative estimate of drug-likeness (QED) is 0.363. The molecule has 0 bridgehead atoms. The largest absolute Gasteiger partial charge is 0.438 e. The number of anilines is 1. The van der Waals surface area contributed by atoms with E-state index in [9.17, 15) is 14.9 Å². The smallest absolute Gasteiger partial charge is 0.269 e. The average molecular weight is 436 g/mol. The zero-order valence-corrected chi connectivity index (χ0v) is 18.1. The first kappa shape index (κ1) is 21.5. The van der Waals surface area contributed by atoms with E-state index >= 15 is 0 Å². The minimum atomic E-state index is -0.633. The first-order chi connectivity index (χ1) is 16.0. The fraction of sp³-hybridized carbons (Fsp3) is 0.0769. The number of ether oxygens (including phenoxy) is 1. The van der Waals surface area contributed by atoms with Gasteiger partial charge in [0.1, 0.15) is 28.6 Å². The van der Waals surface area contributed by atoms with Gasteiger partial charge < -0.3 is 10.1 Å². The number of hydrogen-bond donors (Lipinski definition) is 1. The van der Waals surface area contributed by atoms with E-state index in [1.165, 1.54) is 10.5 Å². The van der Waals surface area contributed by atoms with Gasteiger partial charge in [-0.05, 0) is 55.3 Å². The van der Waals surface area contributed by atoms with Crippen molar-refractivity contribution in [1.29, 1.82) is 5.26 Å². The molecule has 7 nitrogen and oxygen atoms in total. The Bertz CT molecular complexity index is 1500. The molecule has 0 spiro atoms. The second kappa shape index (κ2) is 9.20. The minimum absolute atomic E-state index is 0.00145. The number of pyridine rings is 1. The standard InChI is InChI=1S/C26H20N4O3/c1-17-9-3-5-11-21(17)28-24(31)19(16-27)15-20-25(33-22-12-6-4-10-18(22)2)29-23-13-7-8-14-30(23)26(20)32/h3-15H,1-2H3,(H,28,31)/b19-15-. The molecule has 0 unspecified atom stereocenters. The van der Waals surface area contributed by atoms with E-state index < -0.39 is 11.5 Å². The van der Waals surface area contributed by atoms with E-state index in [4.69, 9.17) is 4.74 Å². The van der Waals surface area contributed by atoms with Crippen LogP contribution in [-0.2, 0) is 4.79 Å². The average Bonchev–Trinajstić information content (AvgIpc) is 2.82. The Labute approximate surface area is 190 Å². The van der Waals surface area contributed by atoms with Crippen LogP contribution in [0.5, 0.6) is 11.6 Å². The molecule has 33 heavy (non-hydrogen) atoms. The Morgan fingerprint density at radius 3 is 2.45 bits per heavy atom. The predicted molar refractivity (Wildman–Crippen MR) is 126 cm³/mol. The number of benzene rings is 2. The molecule has 2 aromatic heterocycles. The molecule has 162 valence electrons. The minimum Gasteiger partial charge on any atom is -0.438 e. The van der Waals surface area contributed by atoms with Gasteiger partial charge in [-0.1, -0.05) is 42.5 Å². The maximum absolute atomic E-state index is 13.3. The van der Waals surface area contributed by atoms with Crippen LogP contribution in [0.4, 0.5) is 5.69 Å². The van der Waals surface area contributed by atoms with E-state index in [0.717, 1.165) is 11.1 Å². The maximum Gasteiger partial charge on any atom is 0.269 e. The lowest BCUT2D eigenvalue weighted by molar-refractivity contribution is -0.112. The van der Waals surface area contributed by atoms with Gasteiger partial charge >= 0.3 is 0 Å². The van der Waals surface area contributed by atoms with Crippen molar-refractivity contribution in [2.75, 3.05) is 5.32 Å². The number of nitrogens with one attached hydrogen (secondary N) is 1. The molecule has 0 saturated heterocycles. The highest BCUT2D eigenvalue weighted by Crippen LogP contribution is 2.26. The van der Waals surface area contributed by atoms with Gasteiger partial charge in [0.2, 0.25) is 5.88 Å². The van der Waals surface area contributed by atoms with Gasteiger partial charge in [0.15, 0.2) is 0 Å². The van der Waals surface area contributed by atoms with Crippen LogP contribution in [0.2, 0.25) is 0 Å². The number of carbonyl (C=O) groups is 1. The Morgan fingerprint density at radius 1 is 1.03 bits per heavy atom. The summed E-state index contributed by atoms with van der Waals surface area (Å²) in [6.07, 6.45) is 2.79. The van der Waals surface area contributed by atoms with Gasteiger partial charge in [0.05, 0.1) is 0 Å². The molecule has 4 rings (SSSR count). The van der Waals surface area contributed by atoms with E-state index in [1.54, 1.807) is 42.6 Å². The number of carbonyl (C=O) groups excluding carboxylic acids is 1. The lowest BCUT2D eigenvalue weighted by Crippen LogP contribution is -2.20. The van der Waals surface area contributed by atoms with Gasteiger partial charge in [0.25, 0.3) is 11.5 Å². The Hall–Kier alpha value is -4.70. The van der Waals surface area contributed by atoms with Crippen LogP contribution in [-0.4, -0.2) is 15.3 Å². The summed E-state index contributed by atoms with van der Waals surface area (Å²) in [6.45, 7) is 3.72. The van der Waals surface area contributed by atoms with Gasteiger partial charge in [-0.3, -0.25) is 14.0 Å². The van der Waals surface area contributed by atoms with Crippen molar-refractivity contribution < 1.29 is 9.53 Å². The number of aromatic nitrogens is 2. The van der Waals surface area contributed by atoms with Crippen LogP contribution >= 0.6 is 0 Å². The van der Waals surface area contributed by atoms with Crippen molar-refractivity contribution >= 4 is 23.3 Å². The molecule has 0 fully saturated rings. The van der Waals surface area contributed by atoms with E-state index in [1.807, 2.05) is 50.2 Å². The molecule has 0 saturated carbocycles. The van der Waals surface area contributed by atoms with Crippen molar-refractivity contribution in [3.63, 3.8) is 0 Å². The fourth-order valence-electron chi connectivity index (χ4n) is 3.25. The highest BCUT2D eigenvalue weighted by Gasteiger charge is 2.18. The Kier molecular flexibility index (Phi) is 6.00. The van der Waals surface area contributed by atoms with Gasteiger partial charge in [0, 0.05) is 11.9 Å². The summed E-state index contributed by atoms with van der Waals surface area (Å²) in [5.74, 6) is -0.106. The number of amides is 1. The topological polar surface area (TPSA) is 96.5 Å². The molecule has 0 aliphatic rings. The predicted octanol–water partition coefficient (Wildman–Crippen LogP) is 4.65. The zero-order chi connectivity index (χ0) is 23.4. The summed E-state index contributed by atoms with van der Waals surface area (Å²) >= 11 is 0. The van der Waals surface area contributed by atoms with Gasteiger partial charge in [-0.2, -0.15) is 10.2 Å². The van der Waals surface area contributed by atoms with Crippen LogP contribution < -0.4 is 15.6 Å². The molecule has 1 amide bonds. The van der Waals surface area contributed by atoms with E-state index in [0.29, 0.717) is 17.1 Å². The molecule has 2 heterocycles. The molecular weight excluding hydrogens is 416 g/mol. The maximum atomic E-state index is 13.3. The molecular formula is C26H20N4O3. The molecule has 0 aliphatic heterocycles. The van der Waals surface area contributed by atoms with Crippen LogP contribution in [0.15, 0.2) is 83.3 Å².